The number of rotatable bonds is 2. The monoisotopic (exact) mass is 278 g/mol. The van der Waals surface area contributed by atoms with Gasteiger partial charge in [0.25, 0.3) is 0 Å². The van der Waals surface area contributed by atoms with Crippen molar-refractivity contribution in [3.8, 4) is 0 Å². The van der Waals surface area contributed by atoms with Gasteiger partial charge in [0.05, 0.1) is 5.60 Å². The summed E-state index contributed by atoms with van der Waals surface area (Å²) < 4.78 is 0. The van der Waals surface area contributed by atoms with Crippen molar-refractivity contribution in [2.45, 2.75) is 58.5 Å². The second kappa shape index (κ2) is 5.56. The lowest BCUT2D eigenvalue weighted by Crippen LogP contribution is -2.30. The zero-order valence-electron chi connectivity index (χ0n) is 13.0. The molecule has 1 aromatic rings. The number of hydrogen-bond acceptors (Lipinski definition) is 5. The molecule has 1 saturated heterocycles. The summed E-state index contributed by atoms with van der Waals surface area (Å²) in [5.74, 6) is 2.54. The normalized spacial score (nSPS) is 24.0. The fourth-order valence-corrected chi connectivity index (χ4v) is 2.58. The second-order valence-electron chi connectivity index (χ2n) is 6.41. The predicted molar refractivity (Wildman–Crippen MR) is 82.0 cm³/mol. The van der Waals surface area contributed by atoms with Crippen LogP contribution < -0.4 is 10.6 Å². The fourth-order valence-electron chi connectivity index (χ4n) is 2.58. The molecule has 2 rings (SSSR count). The first kappa shape index (κ1) is 15.0. The maximum Gasteiger partial charge on any atom is 0.137 e. The van der Waals surface area contributed by atoms with E-state index in [0.29, 0.717) is 5.82 Å². The van der Waals surface area contributed by atoms with Crippen LogP contribution in [0.15, 0.2) is 0 Å². The van der Waals surface area contributed by atoms with E-state index in [1.165, 1.54) is 0 Å². The molecule has 0 amide bonds. The van der Waals surface area contributed by atoms with Gasteiger partial charge < -0.3 is 15.7 Å². The van der Waals surface area contributed by atoms with Gasteiger partial charge in [-0.05, 0) is 33.1 Å². The maximum atomic E-state index is 10.2. The highest BCUT2D eigenvalue weighted by molar-refractivity contribution is 5.56. The Kier molecular flexibility index (Phi) is 4.18. The van der Waals surface area contributed by atoms with Crippen molar-refractivity contribution in [2.24, 2.45) is 0 Å². The molecule has 0 spiro atoms. The van der Waals surface area contributed by atoms with Gasteiger partial charge in [0, 0.05) is 24.6 Å². The van der Waals surface area contributed by atoms with Gasteiger partial charge in [0.2, 0.25) is 0 Å². The van der Waals surface area contributed by atoms with Crippen LogP contribution in [0.25, 0.3) is 0 Å². The summed E-state index contributed by atoms with van der Waals surface area (Å²) in [4.78, 5) is 11.3. The number of nitrogen functional groups attached to an aromatic ring is 1. The van der Waals surface area contributed by atoms with E-state index >= 15 is 0 Å². The molecule has 112 valence electrons. The first-order valence-electron chi connectivity index (χ1n) is 7.41. The number of aromatic nitrogens is 2. The zero-order valence-corrected chi connectivity index (χ0v) is 13.0. The quantitative estimate of drug-likeness (QED) is 0.867. The van der Waals surface area contributed by atoms with Gasteiger partial charge in [-0.2, -0.15) is 0 Å². The molecule has 2 heterocycles. The van der Waals surface area contributed by atoms with Gasteiger partial charge in [-0.25, -0.2) is 9.97 Å². The minimum Gasteiger partial charge on any atom is -0.390 e. The lowest BCUT2D eigenvalue weighted by Gasteiger charge is -2.25. The summed E-state index contributed by atoms with van der Waals surface area (Å²) >= 11 is 0. The third-order valence-electron chi connectivity index (χ3n) is 4.05. The van der Waals surface area contributed by atoms with Crippen molar-refractivity contribution < 1.29 is 5.11 Å². The Labute approximate surface area is 121 Å². The van der Waals surface area contributed by atoms with Crippen LogP contribution in [0.3, 0.4) is 0 Å². The second-order valence-corrected chi connectivity index (χ2v) is 6.41. The molecule has 1 aromatic heterocycles. The van der Waals surface area contributed by atoms with Crippen LogP contribution in [0.4, 0.5) is 11.6 Å². The van der Waals surface area contributed by atoms with Crippen molar-refractivity contribution in [2.75, 3.05) is 23.7 Å². The molecule has 0 bridgehead atoms. The lowest BCUT2D eigenvalue weighted by molar-refractivity contribution is 0.0481. The third-order valence-corrected chi connectivity index (χ3v) is 4.05. The number of aliphatic hydroxyl groups is 1. The van der Waals surface area contributed by atoms with Gasteiger partial charge in [0.15, 0.2) is 0 Å². The van der Waals surface area contributed by atoms with E-state index in [9.17, 15) is 5.11 Å². The van der Waals surface area contributed by atoms with Crippen molar-refractivity contribution in [1.82, 2.24) is 9.97 Å². The van der Waals surface area contributed by atoms with Crippen molar-refractivity contribution >= 4 is 11.6 Å². The number of nitrogens with zero attached hydrogens (tertiary/aromatic N) is 3. The molecule has 5 heteroatoms. The molecule has 1 atom stereocenters. The summed E-state index contributed by atoms with van der Waals surface area (Å²) in [7, 11) is 0. The molecule has 1 aliphatic heterocycles. The van der Waals surface area contributed by atoms with E-state index in [-0.39, 0.29) is 5.92 Å². The molecule has 1 aliphatic rings. The highest BCUT2D eigenvalue weighted by atomic mass is 16.3. The van der Waals surface area contributed by atoms with E-state index < -0.39 is 5.60 Å². The van der Waals surface area contributed by atoms with Crippen LogP contribution in [0, 0.1) is 6.92 Å². The molecule has 20 heavy (non-hydrogen) atoms. The van der Waals surface area contributed by atoms with E-state index in [1.807, 2.05) is 13.8 Å². The minimum absolute atomic E-state index is 0.256. The van der Waals surface area contributed by atoms with Crippen molar-refractivity contribution in [1.29, 1.82) is 0 Å². The Morgan fingerprint density at radius 1 is 1.25 bits per heavy atom. The van der Waals surface area contributed by atoms with Crippen LogP contribution in [-0.4, -0.2) is 33.8 Å². The van der Waals surface area contributed by atoms with Crippen LogP contribution in [0.5, 0.6) is 0 Å². The van der Waals surface area contributed by atoms with Crippen LogP contribution in [0.1, 0.15) is 57.3 Å². The number of nitrogens with two attached hydrogens (primary N) is 1. The first-order valence-corrected chi connectivity index (χ1v) is 7.41. The van der Waals surface area contributed by atoms with E-state index in [4.69, 9.17) is 10.7 Å². The van der Waals surface area contributed by atoms with Gasteiger partial charge in [0.1, 0.15) is 17.5 Å². The molecule has 1 fully saturated rings. The Morgan fingerprint density at radius 2 is 1.95 bits per heavy atom. The van der Waals surface area contributed by atoms with Crippen LogP contribution in [0.2, 0.25) is 0 Å². The van der Waals surface area contributed by atoms with E-state index in [0.717, 1.165) is 49.6 Å². The Balaban J connectivity index is 2.32. The number of hydrogen-bond donors (Lipinski definition) is 2. The van der Waals surface area contributed by atoms with Crippen molar-refractivity contribution in [3.63, 3.8) is 0 Å². The van der Waals surface area contributed by atoms with Gasteiger partial charge >= 0.3 is 0 Å². The van der Waals surface area contributed by atoms with Crippen molar-refractivity contribution in [3.05, 3.63) is 11.4 Å². The highest BCUT2D eigenvalue weighted by Gasteiger charge is 2.26. The molecule has 0 radical (unpaired) electrons. The van der Waals surface area contributed by atoms with E-state index in [2.05, 4.69) is 23.7 Å². The first-order chi connectivity index (χ1) is 9.30. The Hall–Kier alpha value is -1.36. The SMILES string of the molecule is Cc1c(N)nc(C(C)C)nc1N1CCCC(C)(O)CC1. The molecule has 1 unspecified atom stereocenters. The fraction of sp³-hybridized carbons (Fsp3) is 0.733. The summed E-state index contributed by atoms with van der Waals surface area (Å²) in [6.45, 7) is 9.74. The molecule has 5 nitrogen and oxygen atoms in total. The van der Waals surface area contributed by atoms with Crippen LogP contribution in [-0.2, 0) is 0 Å². The summed E-state index contributed by atoms with van der Waals surface area (Å²) in [6, 6.07) is 0. The van der Waals surface area contributed by atoms with E-state index in [1.54, 1.807) is 0 Å². The highest BCUT2D eigenvalue weighted by Crippen LogP contribution is 2.28. The summed E-state index contributed by atoms with van der Waals surface area (Å²) in [6.07, 6.45) is 2.56. The molecule has 3 N–H and O–H groups in total. The Morgan fingerprint density at radius 3 is 2.60 bits per heavy atom. The molecular formula is C15H26N4O. The molecule has 0 saturated carbocycles. The largest absolute Gasteiger partial charge is 0.390 e. The standard InChI is InChI=1S/C15H26N4O/c1-10(2)13-17-12(16)11(3)14(18-13)19-8-5-6-15(4,20)7-9-19/h10,20H,5-9H2,1-4H3,(H2,16,17,18). The number of anilines is 2. The predicted octanol–water partition coefficient (Wildman–Crippen LogP) is 2.23. The smallest absolute Gasteiger partial charge is 0.137 e. The third kappa shape index (κ3) is 3.20. The minimum atomic E-state index is -0.567. The zero-order chi connectivity index (χ0) is 14.9. The summed E-state index contributed by atoms with van der Waals surface area (Å²) in [5, 5.41) is 10.2. The molecular weight excluding hydrogens is 252 g/mol. The summed E-state index contributed by atoms with van der Waals surface area (Å²) in [5.41, 5.74) is 6.40. The lowest BCUT2D eigenvalue weighted by atomic mass is 9.98. The Bertz CT molecular complexity index is 485. The molecule has 0 aliphatic carbocycles. The average Bonchev–Trinajstić information content (AvgIpc) is 2.53. The average molecular weight is 278 g/mol. The van der Waals surface area contributed by atoms with Gasteiger partial charge in [-0.3, -0.25) is 0 Å². The van der Waals surface area contributed by atoms with Gasteiger partial charge in [-0.1, -0.05) is 13.8 Å². The van der Waals surface area contributed by atoms with Gasteiger partial charge in [-0.15, -0.1) is 0 Å². The maximum absolute atomic E-state index is 10.2. The van der Waals surface area contributed by atoms with Crippen LogP contribution >= 0.6 is 0 Å². The topological polar surface area (TPSA) is 75.3 Å². The molecule has 0 aromatic carbocycles.